The van der Waals surface area contributed by atoms with Crippen molar-refractivity contribution in [3.05, 3.63) is 21.9 Å². The van der Waals surface area contributed by atoms with Gasteiger partial charge in [0.2, 0.25) is 0 Å². The van der Waals surface area contributed by atoms with Crippen LogP contribution >= 0.6 is 11.3 Å². The minimum absolute atomic E-state index is 0.508. The molecule has 1 rings (SSSR count). The molecule has 1 atom stereocenters. The molecule has 0 spiro atoms. The fourth-order valence-electron chi connectivity index (χ4n) is 1.51. The van der Waals surface area contributed by atoms with Crippen LogP contribution in [0.25, 0.3) is 0 Å². The molecule has 1 aromatic heterocycles. The van der Waals surface area contributed by atoms with E-state index >= 15 is 0 Å². The minimum atomic E-state index is 0.508. The molecule has 2 heteroatoms. The molecule has 0 aliphatic carbocycles. The summed E-state index contributed by atoms with van der Waals surface area (Å²) in [4.78, 5) is 2.96. The molecule has 0 amide bonds. The highest BCUT2D eigenvalue weighted by molar-refractivity contribution is 7.12. The Balaban J connectivity index is 2.36. The van der Waals surface area contributed by atoms with Crippen molar-refractivity contribution < 1.29 is 0 Å². The number of hydrogen-bond acceptors (Lipinski definition) is 2. The van der Waals surface area contributed by atoms with Gasteiger partial charge in [0, 0.05) is 15.8 Å². The average molecular weight is 225 g/mol. The van der Waals surface area contributed by atoms with Gasteiger partial charge in [-0.25, -0.2) is 0 Å². The van der Waals surface area contributed by atoms with Gasteiger partial charge in [-0.15, -0.1) is 11.3 Å². The Morgan fingerprint density at radius 3 is 2.53 bits per heavy atom. The minimum Gasteiger partial charge on any atom is -0.309 e. The van der Waals surface area contributed by atoms with E-state index in [4.69, 9.17) is 0 Å². The Morgan fingerprint density at radius 2 is 2.00 bits per heavy atom. The van der Waals surface area contributed by atoms with E-state index in [-0.39, 0.29) is 0 Å². The molecule has 1 aromatic rings. The maximum atomic E-state index is 3.58. The Hall–Kier alpha value is -0.340. The highest BCUT2D eigenvalue weighted by atomic mass is 32.1. The largest absolute Gasteiger partial charge is 0.309 e. The van der Waals surface area contributed by atoms with E-state index in [1.165, 1.54) is 16.2 Å². The second kappa shape index (κ2) is 6.29. The molecule has 1 nitrogen and oxygen atoms in total. The van der Waals surface area contributed by atoms with Crippen LogP contribution in [0.5, 0.6) is 0 Å². The van der Waals surface area contributed by atoms with Crippen LogP contribution in [-0.2, 0) is 6.42 Å². The predicted octanol–water partition coefficient (Wildman–Crippen LogP) is 4.01. The number of aryl methyl sites for hydroxylation is 1. The molecular formula is C13H23NS. The van der Waals surface area contributed by atoms with Gasteiger partial charge in [0.05, 0.1) is 0 Å². The van der Waals surface area contributed by atoms with Crippen molar-refractivity contribution in [1.29, 1.82) is 0 Å². The van der Waals surface area contributed by atoms with Crippen LogP contribution < -0.4 is 5.32 Å². The summed E-state index contributed by atoms with van der Waals surface area (Å²) >= 11 is 1.94. The van der Waals surface area contributed by atoms with Gasteiger partial charge in [0.1, 0.15) is 0 Å². The Kier molecular flexibility index (Phi) is 5.34. The van der Waals surface area contributed by atoms with Crippen LogP contribution in [0, 0.1) is 5.92 Å². The van der Waals surface area contributed by atoms with Gasteiger partial charge in [-0.2, -0.15) is 0 Å². The van der Waals surface area contributed by atoms with Crippen LogP contribution in [0.1, 0.15) is 49.9 Å². The monoisotopic (exact) mass is 225 g/mol. The average Bonchev–Trinajstić information content (AvgIpc) is 2.65. The molecule has 1 heterocycles. The fraction of sp³-hybridized carbons (Fsp3) is 0.692. The van der Waals surface area contributed by atoms with Crippen molar-refractivity contribution in [2.75, 3.05) is 6.54 Å². The predicted molar refractivity (Wildman–Crippen MR) is 69.6 cm³/mol. The standard InChI is InChI=1S/C13H23NS/c1-5-12-6-7-13(15-12)11(4)14-9-8-10(2)3/h6-7,10-11,14H,5,8-9H2,1-4H3. The fourth-order valence-corrected chi connectivity index (χ4v) is 2.49. The lowest BCUT2D eigenvalue weighted by Gasteiger charge is -2.13. The molecule has 1 N–H and O–H groups in total. The maximum Gasteiger partial charge on any atom is 0.0386 e. The van der Waals surface area contributed by atoms with Crippen molar-refractivity contribution in [1.82, 2.24) is 5.32 Å². The first-order valence-corrected chi connectivity index (χ1v) is 6.77. The SMILES string of the molecule is CCc1ccc(C(C)NCCC(C)C)s1. The highest BCUT2D eigenvalue weighted by Crippen LogP contribution is 2.23. The van der Waals surface area contributed by atoms with Crippen molar-refractivity contribution >= 4 is 11.3 Å². The summed E-state index contributed by atoms with van der Waals surface area (Å²) in [5, 5.41) is 3.58. The van der Waals surface area contributed by atoms with E-state index in [0.29, 0.717) is 6.04 Å². The molecule has 15 heavy (non-hydrogen) atoms. The first-order valence-electron chi connectivity index (χ1n) is 5.95. The van der Waals surface area contributed by atoms with Crippen LogP contribution in [-0.4, -0.2) is 6.54 Å². The molecule has 0 radical (unpaired) electrons. The summed E-state index contributed by atoms with van der Waals surface area (Å²) in [6.07, 6.45) is 2.42. The first-order chi connectivity index (χ1) is 7.13. The molecule has 0 aromatic carbocycles. The topological polar surface area (TPSA) is 12.0 Å². The number of nitrogens with one attached hydrogen (secondary N) is 1. The highest BCUT2D eigenvalue weighted by Gasteiger charge is 2.07. The van der Waals surface area contributed by atoms with Crippen LogP contribution in [0.2, 0.25) is 0 Å². The third-order valence-electron chi connectivity index (χ3n) is 2.63. The second-order valence-electron chi connectivity index (χ2n) is 4.52. The Bertz CT molecular complexity index is 278. The third-order valence-corrected chi connectivity index (χ3v) is 4.04. The Morgan fingerprint density at radius 1 is 1.27 bits per heavy atom. The van der Waals surface area contributed by atoms with Crippen LogP contribution in [0.15, 0.2) is 12.1 Å². The molecule has 0 fully saturated rings. The summed E-state index contributed by atoms with van der Waals surface area (Å²) < 4.78 is 0. The summed E-state index contributed by atoms with van der Waals surface area (Å²) in [7, 11) is 0. The van der Waals surface area contributed by atoms with E-state index in [0.717, 1.165) is 18.9 Å². The quantitative estimate of drug-likeness (QED) is 0.771. The van der Waals surface area contributed by atoms with Gasteiger partial charge in [0.15, 0.2) is 0 Å². The van der Waals surface area contributed by atoms with Gasteiger partial charge < -0.3 is 5.32 Å². The molecule has 86 valence electrons. The van der Waals surface area contributed by atoms with Crippen LogP contribution in [0.4, 0.5) is 0 Å². The summed E-state index contributed by atoms with van der Waals surface area (Å²) in [6, 6.07) is 5.02. The first kappa shape index (κ1) is 12.7. The van der Waals surface area contributed by atoms with Gasteiger partial charge in [-0.3, -0.25) is 0 Å². The zero-order chi connectivity index (χ0) is 11.3. The molecule has 0 saturated heterocycles. The molecule has 0 saturated carbocycles. The normalized spacial score (nSPS) is 13.4. The molecule has 0 aliphatic rings. The number of hydrogen-bond donors (Lipinski definition) is 1. The van der Waals surface area contributed by atoms with Crippen molar-refractivity contribution in [2.45, 2.75) is 46.6 Å². The molecule has 1 unspecified atom stereocenters. The summed E-state index contributed by atoms with van der Waals surface area (Å²) in [5.41, 5.74) is 0. The van der Waals surface area contributed by atoms with E-state index in [9.17, 15) is 0 Å². The lowest BCUT2D eigenvalue weighted by atomic mass is 10.1. The maximum absolute atomic E-state index is 3.58. The zero-order valence-electron chi connectivity index (χ0n) is 10.3. The molecule has 0 bridgehead atoms. The van der Waals surface area contributed by atoms with Crippen molar-refractivity contribution in [2.24, 2.45) is 5.92 Å². The lowest BCUT2D eigenvalue weighted by molar-refractivity contribution is 0.500. The van der Waals surface area contributed by atoms with Gasteiger partial charge in [-0.05, 0) is 44.4 Å². The second-order valence-corrected chi connectivity index (χ2v) is 5.72. The van der Waals surface area contributed by atoms with Crippen molar-refractivity contribution in [3.63, 3.8) is 0 Å². The molecule has 0 aliphatic heterocycles. The van der Waals surface area contributed by atoms with E-state index in [2.05, 4.69) is 45.1 Å². The van der Waals surface area contributed by atoms with E-state index in [1.807, 2.05) is 11.3 Å². The zero-order valence-corrected chi connectivity index (χ0v) is 11.2. The van der Waals surface area contributed by atoms with Gasteiger partial charge in [0.25, 0.3) is 0 Å². The molecular weight excluding hydrogens is 202 g/mol. The summed E-state index contributed by atoms with van der Waals surface area (Å²) in [6.45, 7) is 10.1. The third kappa shape index (κ3) is 4.35. The Labute approximate surface area is 97.9 Å². The summed E-state index contributed by atoms with van der Waals surface area (Å²) in [5.74, 6) is 0.791. The lowest BCUT2D eigenvalue weighted by Crippen LogP contribution is -2.20. The van der Waals surface area contributed by atoms with Crippen molar-refractivity contribution in [3.8, 4) is 0 Å². The van der Waals surface area contributed by atoms with Gasteiger partial charge in [-0.1, -0.05) is 20.8 Å². The number of thiophene rings is 1. The number of rotatable bonds is 6. The van der Waals surface area contributed by atoms with Gasteiger partial charge >= 0.3 is 0 Å². The van der Waals surface area contributed by atoms with Crippen LogP contribution in [0.3, 0.4) is 0 Å². The van der Waals surface area contributed by atoms with E-state index in [1.54, 1.807) is 0 Å². The van der Waals surface area contributed by atoms with E-state index < -0.39 is 0 Å². The smallest absolute Gasteiger partial charge is 0.0386 e.